The fourth-order valence-corrected chi connectivity index (χ4v) is 3.56. The van der Waals surface area contributed by atoms with Gasteiger partial charge in [-0.25, -0.2) is 4.98 Å². The van der Waals surface area contributed by atoms with E-state index in [0.717, 1.165) is 43.6 Å². The minimum Gasteiger partial charge on any atom is -0.493 e. The number of rotatable bonds is 5. The van der Waals surface area contributed by atoms with Crippen LogP contribution >= 0.6 is 24.8 Å². The zero-order valence-corrected chi connectivity index (χ0v) is 19.2. The second-order valence-electron chi connectivity index (χ2n) is 6.88. The van der Waals surface area contributed by atoms with Gasteiger partial charge in [-0.1, -0.05) is 30.3 Å². The minimum atomic E-state index is 0. The lowest BCUT2D eigenvalue weighted by Gasteiger charge is -2.34. The molecule has 170 valence electrons. The Morgan fingerprint density at radius 2 is 1.52 bits per heavy atom. The molecule has 3 aromatic rings. The first-order valence-corrected chi connectivity index (χ1v) is 9.38. The first-order valence-electron chi connectivity index (χ1n) is 9.38. The summed E-state index contributed by atoms with van der Waals surface area (Å²) in [5, 5.41) is 0.768. The standard InChI is InChI=1S/C21H25N5O2.2ClH.H2O/c1-27-18-12-16-17(13-19(18)28-2)23-21(24-20(16)22)26-10-8-25(9-11-26)14-15-6-4-3-5-7-15;;;/h3-7,12-13H,8-11,14H2,1-2H3,(H2,22,23,24);2*1H;1H2. The van der Waals surface area contributed by atoms with Gasteiger partial charge < -0.3 is 25.6 Å². The Hall–Kier alpha value is -2.52. The second kappa shape index (κ2) is 11.8. The Morgan fingerprint density at radius 1 is 0.903 bits per heavy atom. The van der Waals surface area contributed by atoms with Crippen molar-refractivity contribution in [2.75, 3.05) is 51.0 Å². The molecular weight excluding hydrogens is 441 g/mol. The van der Waals surface area contributed by atoms with Crippen LogP contribution < -0.4 is 20.1 Å². The number of fused-ring (bicyclic) bond motifs is 1. The lowest BCUT2D eigenvalue weighted by Crippen LogP contribution is -2.46. The van der Waals surface area contributed by atoms with Crippen LogP contribution in [0.1, 0.15) is 5.56 Å². The minimum absolute atomic E-state index is 0. The number of ether oxygens (including phenoxy) is 2. The van der Waals surface area contributed by atoms with Crippen molar-refractivity contribution in [1.29, 1.82) is 0 Å². The molecule has 1 aliphatic rings. The third-order valence-corrected chi connectivity index (χ3v) is 5.12. The number of benzene rings is 2. The number of halogens is 2. The van der Waals surface area contributed by atoms with Crippen LogP contribution in [0.2, 0.25) is 0 Å². The third-order valence-electron chi connectivity index (χ3n) is 5.12. The third kappa shape index (κ3) is 5.80. The molecule has 0 amide bonds. The lowest BCUT2D eigenvalue weighted by molar-refractivity contribution is 0.249. The van der Waals surface area contributed by atoms with E-state index in [2.05, 4.69) is 39.0 Å². The van der Waals surface area contributed by atoms with Gasteiger partial charge in [-0.15, -0.1) is 24.8 Å². The molecule has 2 aromatic carbocycles. The van der Waals surface area contributed by atoms with Crippen LogP contribution in [0, 0.1) is 0 Å². The van der Waals surface area contributed by atoms with Gasteiger partial charge in [0.05, 0.1) is 19.7 Å². The van der Waals surface area contributed by atoms with E-state index in [0.29, 0.717) is 23.3 Å². The van der Waals surface area contributed by atoms with Crippen molar-refractivity contribution in [3.8, 4) is 11.5 Å². The largest absolute Gasteiger partial charge is 0.493 e. The molecule has 31 heavy (non-hydrogen) atoms. The molecule has 0 saturated carbocycles. The summed E-state index contributed by atoms with van der Waals surface area (Å²) >= 11 is 0. The van der Waals surface area contributed by atoms with Crippen molar-refractivity contribution < 1.29 is 14.9 Å². The molecule has 4 N–H and O–H groups in total. The van der Waals surface area contributed by atoms with Crippen molar-refractivity contribution in [2.45, 2.75) is 6.54 Å². The Bertz CT molecular complexity index is 970. The maximum atomic E-state index is 6.22. The number of aromatic nitrogens is 2. The van der Waals surface area contributed by atoms with Gasteiger partial charge in [0.2, 0.25) is 5.95 Å². The number of nitrogens with zero attached hydrogens (tertiary/aromatic N) is 4. The zero-order valence-electron chi connectivity index (χ0n) is 17.6. The fraction of sp³-hybridized carbons (Fsp3) is 0.333. The van der Waals surface area contributed by atoms with Crippen molar-refractivity contribution in [3.63, 3.8) is 0 Å². The summed E-state index contributed by atoms with van der Waals surface area (Å²) in [5.74, 6) is 2.36. The maximum absolute atomic E-state index is 6.22. The van der Waals surface area contributed by atoms with Gasteiger partial charge >= 0.3 is 0 Å². The smallest absolute Gasteiger partial charge is 0.227 e. The van der Waals surface area contributed by atoms with E-state index in [4.69, 9.17) is 20.2 Å². The summed E-state index contributed by atoms with van der Waals surface area (Å²) < 4.78 is 10.7. The van der Waals surface area contributed by atoms with Crippen LogP contribution in [0.25, 0.3) is 10.9 Å². The number of anilines is 2. The molecule has 4 rings (SSSR count). The average Bonchev–Trinajstić information content (AvgIpc) is 2.74. The summed E-state index contributed by atoms with van der Waals surface area (Å²) in [6, 6.07) is 14.2. The van der Waals surface area contributed by atoms with Gasteiger partial charge in [0.25, 0.3) is 0 Å². The Labute approximate surface area is 194 Å². The summed E-state index contributed by atoms with van der Waals surface area (Å²) in [4.78, 5) is 13.9. The number of hydrogen-bond donors (Lipinski definition) is 1. The molecule has 1 aromatic heterocycles. The molecule has 1 saturated heterocycles. The van der Waals surface area contributed by atoms with Crippen LogP contribution in [0.4, 0.5) is 11.8 Å². The highest BCUT2D eigenvalue weighted by Crippen LogP contribution is 2.34. The Kier molecular flexibility index (Phi) is 10.1. The summed E-state index contributed by atoms with van der Waals surface area (Å²) in [5.41, 5.74) is 8.32. The van der Waals surface area contributed by atoms with Crippen LogP contribution in [0.3, 0.4) is 0 Å². The van der Waals surface area contributed by atoms with E-state index >= 15 is 0 Å². The molecule has 0 spiro atoms. The highest BCUT2D eigenvalue weighted by molar-refractivity contribution is 5.91. The van der Waals surface area contributed by atoms with E-state index in [1.54, 1.807) is 14.2 Å². The Morgan fingerprint density at radius 3 is 2.13 bits per heavy atom. The molecule has 1 fully saturated rings. The molecule has 0 radical (unpaired) electrons. The molecule has 1 aliphatic heterocycles. The molecule has 10 heteroatoms. The predicted molar refractivity (Wildman–Crippen MR) is 129 cm³/mol. The highest BCUT2D eigenvalue weighted by Gasteiger charge is 2.21. The van der Waals surface area contributed by atoms with Crippen LogP contribution in [0.5, 0.6) is 11.5 Å². The van der Waals surface area contributed by atoms with Crippen molar-refractivity contribution in [3.05, 3.63) is 48.0 Å². The van der Waals surface area contributed by atoms with Crippen molar-refractivity contribution in [1.82, 2.24) is 14.9 Å². The molecule has 0 unspecified atom stereocenters. The quantitative estimate of drug-likeness (QED) is 0.611. The van der Waals surface area contributed by atoms with Gasteiger partial charge in [0, 0.05) is 44.2 Å². The molecular formula is C21H29Cl2N5O3. The highest BCUT2D eigenvalue weighted by atomic mass is 35.5. The molecule has 0 bridgehead atoms. The van der Waals surface area contributed by atoms with E-state index in [-0.39, 0.29) is 30.3 Å². The zero-order chi connectivity index (χ0) is 19.5. The average molecular weight is 470 g/mol. The molecule has 0 aliphatic carbocycles. The summed E-state index contributed by atoms with van der Waals surface area (Å²) in [7, 11) is 3.21. The number of nitrogens with two attached hydrogens (primary N) is 1. The van der Waals surface area contributed by atoms with Crippen molar-refractivity contribution >= 4 is 47.5 Å². The molecule has 0 atom stereocenters. The monoisotopic (exact) mass is 469 g/mol. The van der Waals surface area contributed by atoms with E-state index in [1.807, 2.05) is 18.2 Å². The van der Waals surface area contributed by atoms with Crippen LogP contribution in [-0.2, 0) is 6.54 Å². The summed E-state index contributed by atoms with van der Waals surface area (Å²) in [6.45, 7) is 4.62. The van der Waals surface area contributed by atoms with E-state index in [9.17, 15) is 0 Å². The second-order valence-corrected chi connectivity index (χ2v) is 6.88. The number of methoxy groups -OCH3 is 2. The summed E-state index contributed by atoms with van der Waals surface area (Å²) in [6.07, 6.45) is 0. The van der Waals surface area contributed by atoms with E-state index < -0.39 is 0 Å². The van der Waals surface area contributed by atoms with Gasteiger partial charge in [-0.2, -0.15) is 4.98 Å². The molecule has 2 heterocycles. The van der Waals surface area contributed by atoms with Gasteiger partial charge in [-0.05, 0) is 11.6 Å². The predicted octanol–water partition coefficient (Wildman–Crippen LogP) is 2.57. The fourth-order valence-electron chi connectivity index (χ4n) is 3.56. The number of nitrogen functional groups attached to an aromatic ring is 1. The topological polar surface area (TPSA) is 108 Å². The van der Waals surface area contributed by atoms with Crippen LogP contribution in [0.15, 0.2) is 42.5 Å². The van der Waals surface area contributed by atoms with E-state index in [1.165, 1.54) is 5.56 Å². The van der Waals surface area contributed by atoms with Crippen molar-refractivity contribution in [2.24, 2.45) is 0 Å². The SMILES string of the molecule is COc1cc2nc(N3CCN(Cc4ccccc4)CC3)nc(N)c2cc1OC.Cl.Cl.O. The number of hydrogen-bond acceptors (Lipinski definition) is 7. The maximum Gasteiger partial charge on any atom is 0.227 e. The molecule has 8 nitrogen and oxygen atoms in total. The number of piperazine rings is 1. The van der Waals surface area contributed by atoms with Gasteiger partial charge in [-0.3, -0.25) is 4.90 Å². The Balaban J connectivity index is 0.00000160. The first kappa shape index (κ1) is 26.5. The first-order chi connectivity index (χ1) is 13.7. The normalized spacial score (nSPS) is 13.5. The van der Waals surface area contributed by atoms with Crippen LogP contribution in [-0.4, -0.2) is 60.7 Å². The van der Waals surface area contributed by atoms with Gasteiger partial charge in [0.15, 0.2) is 11.5 Å². The lowest BCUT2D eigenvalue weighted by atomic mass is 10.2. The van der Waals surface area contributed by atoms with Gasteiger partial charge in [0.1, 0.15) is 5.82 Å².